The topological polar surface area (TPSA) is 15.7 Å². The van der Waals surface area contributed by atoms with Crippen LogP contribution in [-0.2, 0) is 4.74 Å². The molecule has 0 amide bonds. The van der Waals surface area contributed by atoms with Gasteiger partial charge in [-0.2, -0.15) is 0 Å². The summed E-state index contributed by atoms with van der Waals surface area (Å²) < 4.78 is 5.54. The van der Waals surface area contributed by atoms with Gasteiger partial charge in [-0.15, -0.1) is 0 Å². The molecule has 0 saturated carbocycles. The maximum absolute atomic E-state index is 5.54. The molecule has 0 radical (unpaired) electrons. The summed E-state index contributed by atoms with van der Waals surface area (Å²) in [6.45, 7) is 5.30. The predicted molar refractivity (Wildman–Crippen MR) is 48.0 cm³/mol. The van der Waals surface area contributed by atoms with Crippen LogP contribution >= 0.6 is 0 Å². The van der Waals surface area contributed by atoms with Gasteiger partial charge in [0.2, 0.25) is 0 Å². The van der Waals surface area contributed by atoms with E-state index in [4.69, 9.17) is 4.74 Å². The Labute approximate surface area is 74.3 Å². The van der Waals surface area contributed by atoms with Crippen LogP contribution in [0.15, 0.2) is 0 Å². The second kappa shape index (κ2) is 3.73. The van der Waals surface area contributed by atoms with Crippen LogP contribution in [0, 0.1) is 0 Å². The average Bonchev–Trinajstić information content (AvgIpc) is 2.42. The molecule has 3 nitrogen and oxygen atoms in total. The highest BCUT2D eigenvalue weighted by molar-refractivity contribution is 4.80. The molecule has 0 bridgehead atoms. The highest BCUT2D eigenvalue weighted by atomic mass is 16.5. The summed E-state index contributed by atoms with van der Waals surface area (Å²) in [6, 6.07) is 0.760. The van der Waals surface area contributed by atoms with Gasteiger partial charge in [0.15, 0.2) is 0 Å². The van der Waals surface area contributed by atoms with Crippen LogP contribution < -0.4 is 0 Å². The van der Waals surface area contributed by atoms with Crippen molar-refractivity contribution in [3.63, 3.8) is 0 Å². The minimum atomic E-state index is 0.760. The molecule has 2 saturated heterocycles. The number of nitrogens with zero attached hydrogens (tertiary/aromatic N) is 2. The van der Waals surface area contributed by atoms with Crippen molar-refractivity contribution < 1.29 is 4.74 Å². The third kappa shape index (κ3) is 1.79. The largest absolute Gasteiger partial charge is 0.365 e. The minimum Gasteiger partial charge on any atom is -0.365 e. The van der Waals surface area contributed by atoms with E-state index < -0.39 is 0 Å². The Morgan fingerprint density at radius 1 is 1.33 bits per heavy atom. The molecule has 2 aliphatic rings. The minimum absolute atomic E-state index is 0.760. The number of hydrogen-bond donors (Lipinski definition) is 0. The van der Waals surface area contributed by atoms with Crippen LogP contribution in [0.25, 0.3) is 0 Å². The van der Waals surface area contributed by atoms with E-state index in [9.17, 15) is 0 Å². The lowest BCUT2D eigenvalue weighted by atomic mass is 10.2. The Kier molecular flexibility index (Phi) is 2.63. The van der Waals surface area contributed by atoms with E-state index in [2.05, 4.69) is 16.8 Å². The van der Waals surface area contributed by atoms with Gasteiger partial charge in [-0.3, -0.25) is 4.90 Å². The Balaban J connectivity index is 1.94. The number of hydrogen-bond acceptors (Lipinski definition) is 3. The van der Waals surface area contributed by atoms with Crippen LogP contribution in [0.1, 0.15) is 12.8 Å². The predicted octanol–water partition coefficient (Wildman–Crippen LogP) is 0.370. The zero-order chi connectivity index (χ0) is 8.39. The van der Waals surface area contributed by atoms with Gasteiger partial charge in [0.1, 0.15) is 0 Å². The van der Waals surface area contributed by atoms with Gasteiger partial charge in [0, 0.05) is 25.7 Å². The second-order valence-electron chi connectivity index (χ2n) is 3.91. The lowest BCUT2D eigenvalue weighted by Crippen LogP contribution is -2.43. The summed E-state index contributed by atoms with van der Waals surface area (Å²) in [4.78, 5) is 4.85. The van der Waals surface area contributed by atoms with E-state index in [0.717, 1.165) is 25.9 Å². The van der Waals surface area contributed by atoms with Crippen molar-refractivity contribution in [1.29, 1.82) is 0 Å². The summed E-state index contributed by atoms with van der Waals surface area (Å²) >= 11 is 0. The van der Waals surface area contributed by atoms with Gasteiger partial charge >= 0.3 is 0 Å². The molecule has 0 aromatic carbocycles. The van der Waals surface area contributed by atoms with Crippen LogP contribution in [0.4, 0.5) is 0 Å². The summed E-state index contributed by atoms with van der Waals surface area (Å²) in [5.41, 5.74) is 0. The molecule has 2 fully saturated rings. The molecule has 70 valence electrons. The van der Waals surface area contributed by atoms with Gasteiger partial charge < -0.3 is 9.64 Å². The molecular formula is C9H18N2O. The third-order valence-corrected chi connectivity index (χ3v) is 2.90. The maximum Gasteiger partial charge on any atom is 0.0993 e. The lowest BCUT2D eigenvalue weighted by molar-refractivity contribution is -0.0129. The third-order valence-electron chi connectivity index (χ3n) is 2.90. The molecular weight excluding hydrogens is 152 g/mol. The maximum atomic E-state index is 5.54. The molecule has 1 atom stereocenters. The number of fused-ring (bicyclic) bond motifs is 1. The van der Waals surface area contributed by atoms with Crippen LogP contribution in [0.5, 0.6) is 0 Å². The number of rotatable bonds is 0. The smallest absolute Gasteiger partial charge is 0.0993 e. The van der Waals surface area contributed by atoms with Crippen molar-refractivity contribution >= 4 is 0 Å². The summed E-state index contributed by atoms with van der Waals surface area (Å²) in [5, 5.41) is 0. The molecule has 2 aliphatic heterocycles. The van der Waals surface area contributed by atoms with Crippen molar-refractivity contribution in [2.75, 3.05) is 40.0 Å². The van der Waals surface area contributed by atoms with Crippen molar-refractivity contribution in [2.45, 2.75) is 18.9 Å². The SMILES string of the molecule is CN1CCOCN2CCCC2C1. The first-order valence-electron chi connectivity index (χ1n) is 4.86. The van der Waals surface area contributed by atoms with Gasteiger partial charge in [-0.05, 0) is 19.9 Å². The van der Waals surface area contributed by atoms with E-state index >= 15 is 0 Å². The van der Waals surface area contributed by atoms with E-state index in [0.29, 0.717) is 0 Å². The van der Waals surface area contributed by atoms with Gasteiger partial charge in [0.05, 0.1) is 13.3 Å². The highest BCUT2D eigenvalue weighted by Gasteiger charge is 2.26. The fourth-order valence-electron chi connectivity index (χ4n) is 2.13. The van der Waals surface area contributed by atoms with Gasteiger partial charge in [0.25, 0.3) is 0 Å². The number of likely N-dealkylation sites (N-methyl/N-ethyl adjacent to an activating group) is 1. The average molecular weight is 170 g/mol. The molecule has 0 N–H and O–H groups in total. The molecule has 0 aromatic heterocycles. The van der Waals surface area contributed by atoms with E-state index in [-0.39, 0.29) is 0 Å². The van der Waals surface area contributed by atoms with Crippen LogP contribution in [-0.4, -0.2) is 55.9 Å². The lowest BCUT2D eigenvalue weighted by Gasteiger charge is -2.31. The number of ether oxygens (including phenoxy) is 1. The quantitative estimate of drug-likeness (QED) is 0.522. The molecule has 0 spiro atoms. The highest BCUT2D eigenvalue weighted by Crippen LogP contribution is 2.18. The molecule has 12 heavy (non-hydrogen) atoms. The summed E-state index contributed by atoms with van der Waals surface area (Å²) in [6.07, 6.45) is 2.70. The zero-order valence-electron chi connectivity index (χ0n) is 7.83. The van der Waals surface area contributed by atoms with E-state index in [1.807, 2.05) is 0 Å². The van der Waals surface area contributed by atoms with E-state index in [1.165, 1.54) is 25.9 Å². The Morgan fingerprint density at radius 3 is 3.17 bits per heavy atom. The summed E-state index contributed by atoms with van der Waals surface area (Å²) in [5.74, 6) is 0. The van der Waals surface area contributed by atoms with Gasteiger partial charge in [-0.25, -0.2) is 0 Å². The fraction of sp³-hybridized carbons (Fsp3) is 1.00. The first-order valence-corrected chi connectivity index (χ1v) is 4.86. The zero-order valence-corrected chi connectivity index (χ0v) is 7.83. The Hall–Kier alpha value is -0.120. The van der Waals surface area contributed by atoms with Crippen molar-refractivity contribution in [3.05, 3.63) is 0 Å². The first-order chi connectivity index (χ1) is 5.86. The molecule has 0 aliphatic carbocycles. The van der Waals surface area contributed by atoms with Crippen LogP contribution in [0.2, 0.25) is 0 Å². The Morgan fingerprint density at radius 2 is 2.25 bits per heavy atom. The van der Waals surface area contributed by atoms with Crippen molar-refractivity contribution in [2.24, 2.45) is 0 Å². The molecule has 2 heterocycles. The van der Waals surface area contributed by atoms with Gasteiger partial charge in [-0.1, -0.05) is 0 Å². The molecule has 0 aromatic rings. The Bertz CT molecular complexity index is 151. The second-order valence-corrected chi connectivity index (χ2v) is 3.91. The standard InChI is InChI=1S/C9H18N2O/c1-10-5-6-12-8-11-4-2-3-9(11)7-10/h9H,2-8H2,1H3. The van der Waals surface area contributed by atoms with Crippen molar-refractivity contribution in [1.82, 2.24) is 9.80 Å². The first kappa shape index (κ1) is 8.48. The molecule has 1 unspecified atom stereocenters. The monoisotopic (exact) mass is 170 g/mol. The molecule has 3 heteroatoms. The normalized spacial score (nSPS) is 34.2. The fourth-order valence-corrected chi connectivity index (χ4v) is 2.13. The van der Waals surface area contributed by atoms with Crippen LogP contribution in [0.3, 0.4) is 0 Å². The van der Waals surface area contributed by atoms with Crippen molar-refractivity contribution in [3.8, 4) is 0 Å². The van der Waals surface area contributed by atoms with E-state index in [1.54, 1.807) is 0 Å². The summed E-state index contributed by atoms with van der Waals surface area (Å²) in [7, 11) is 2.19. The molecule has 2 rings (SSSR count).